The van der Waals surface area contributed by atoms with E-state index in [-0.39, 0.29) is 17.2 Å². The monoisotopic (exact) mass is 380 g/mol. The van der Waals surface area contributed by atoms with Gasteiger partial charge < -0.3 is 24.7 Å². The molecule has 1 N–H and O–H groups in total. The van der Waals surface area contributed by atoms with Crippen LogP contribution in [-0.2, 0) is 6.18 Å². The van der Waals surface area contributed by atoms with Gasteiger partial charge in [-0.2, -0.15) is 13.2 Å². The van der Waals surface area contributed by atoms with Crippen molar-refractivity contribution in [1.82, 2.24) is 0 Å². The number of benzene rings is 2. The highest BCUT2D eigenvalue weighted by molar-refractivity contribution is 6.08. The predicted octanol–water partition coefficient (Wildman–Crippen LogP) is 2.48. The molecule has 0 saturated carbocycles. The molecule has 1 aliphatic heterocycles. The molecule has 0 fully saturated rings. The number of fused-ring (bicyclic) bond motifs is 1. The predicted molar refractivity (Wildman–Crippen MR) is 85.8 cm³/mol. The Morgan fingerprint density at radius 1 is 1.00 bits per heavy atom. The molecule has 2 aromatic carbocycles. The van der Waals surface area contributed by atoms with Crippen LogP contribution in [0.2, 0.25) is 0 Å². The zero-order valence-electron chi connectivity index (χ0n) is 13.8. The molecule has 0 unspecified atom stereocenters. The summed E-state index contributed by atoms with van der Waals surface area (Å²) >= 11 is 0. The van der Waals surface area contributed by atoms with Gasteiger partial charge in [-0.05, 0) is 18.2 Å². The zero-order valence-corrected chi connectivity index (χ0v) is 13.8. The van der Waals surface area contributed by atoms with Gasteiger partial charge in [-0.1, -0.05) is 12.1 Å². The van der Waals surface area contributed by atoms with E-state index in [1.807, 2.05) is 0 Å². The Bertz CT molecular complexity index is 895. The van der Waals surface area contributed by atoms with Gasteiger partial charge in [0.05, 0.1) is 36.0 Å². The van der Waals surface area contributed by atoms with E-state index in [0.29, 0.717) is 19.6 Å². The molecule has 1 amide bonds. The summed E-state index contributed by atoms with van der Waals surface area (Å²) in [6.45, 7) is 0.617. The number of rotatable bonds is 3. The zero-order chi connectivity index (χ0) is 19.6. The fraction of sp³-hybridized carbons (Fsp3) is 0.222. The molecule has 0 saturated heterocycles. The number of aromatic carboxylic acids is 1. The maximum Gasteiger partial charge on any atom is 0.417 e. The van der Waals surface area contributed by atoms with Crippen molar-refractivity contribution in [1.29, 1.82) is 0 Å². The molecule has 9 heteroatoms. The molecule has 1 aliphatic rings. The third-order valence-corrected chi connectivity index (χ3v) is 3.83. The summed E-state index contributed by atoms with van der Waals surface area (Å²) in [5, 5.41) is 13.6. The summed E-state index contributed by atoms with van der Waals surface area (Å²) in [4.78, 5) is 23.8. The summed E-state index contributed by atoms with van der Waals surface area (Å²) < 4.78 is 50.1. The van der Waals surface area contributed by atoms with E-state index in [0.717, 1.165) is 24.3 Å². The molecule has 0 radical (unpaired) electrons. The Hall–Kier alpha value is -3.23. The Morgan fingerprint density at radius 3 is 2.26 bits per heavy atom. The van der Waals surface area contributed by atoms with Gasteiger partial charge in [-0.15, -0.1) is 0 Å². The number of ether oxygens (including phenoxy) is 2. The first kappa shape index (κ1) is 18.6. The average molecular weight is 380 g/mol. The van der Waals surface area contributed by atoms with E-state index in [2.05, 4.69) is 5.32 Å². The third-order valence-electron chi connectivity index (χ3n) is 3.83. The topological polar surface area (TPSA) is 87.7 Å². The molecule has 3 rings (SSSR count). The molecule has 1 heterocycles. The number of carbonyl (C=O) groups excluding carboxylic acids is 2. The molecule has 0 aromatic heterocycles. The lowest BCUT2D eigenvalue weighted by molar-refractivity contribution is -0.254. The van der Waals surface area contributed by atoms with Crippen LogP contribution >= 0.6 is 0 Å². The maximum absolute atomic E-state index is 13.1. The molecular weight excluding hydrogens is 367 g/mol. The first-order valence-corrected chi connectivity index (χ1v) is 7.90. The summed E-state index contributed by atoms with van der Waals surface area (Å²) in [6.07, 6.45) is -4.17. The number of amides is 1. The number of carboxylic acids is 1. The van der Waals surface area contributed by atoms with Crippen molar-refractivity contribution in [2.75, 3.05) is 18.5 Å². The summed E-state index contributed by atoms with van der Waals surface area (Å²) in [6, 6.07) is 6.50. The van der Waals surface area contributed by atoms with Gasteiger partial charge in [0, 0.05) is 18.1 Å². The minimum absolute atomic E-state index is 0.153. The minimum atomic E-state index is -4.74. The second-order valence-electron chi connectivity index (χ2n) is 5.68. The third kappa shape index (κ3) is 3.97. The molecule has 142 valence electrons. The average Bonchev–Trinajstić information content (AvgIpc) is 2.85. The quantitative estimate of drug-likeness (QED) is 0.884. The van der Waals surface area contributed by atoms with Crippen LogP contribution in [0.1, 0.15) is 32.7 Å². The standard InChI is InChI=1S/C18H14F3NO5/c19-18(20,21)12-5-2-1-4-10(12)16(23)22-13-9-15-14(8-11(13)17(24)25)26-6-3-7-27-15/h1-2,4-5,8-9H,3,6-7H2,(H,22,23)(H,24,25)/p-1. The van der Waals surface area contributed by atoms with Crippen molar-refractivity contribution < 1.29 is 37.3 Å². The number of anilines is 1. The fourth-order valence-corrected chi connectivity index (χ4v) is 2.60. The van der Waals surface area contributed by atoms with Crippen LogP contribution in [0.3, 0.4) is 0 Å². The number of hydrogen-bond donors (Lipinski definition) is 1. The van der Waals surface area contributed by atoms with Gasteiger partial charge >= 0.3 is 6.18 Å². The second kappa shape index (κ2) is 7.18. The Labute approximate surface area is 151 Å². The molecule has 0 bridgehead atoms. The first-order chi connectivity index (χ1) is 12.8. The van der Waals surface area contributed by atoms with Crippen molar-refractivity contribution in [3.63, 3.8) is 0 Å². The minimum Gasteiger partial charge on any atom is -0.545 e. The summed E-state index contributed by atoms with van der Waals surface area (Å²) in [7, 11) is 0. The van der Waals surface area contributed by atoms with Crippen LogP contribution in [0.4, 0.5) is 18.9 Å². The van der Waals surface area contributed by atoms with E-state index in [9.17, 15) is 27.9 Å². The maximum atomic E-state index is 13.1. The van der Waals surface area contributed by atoms with E-state index in [4.69, 9.17) is 9.47 Å². The van der Waals surface area contributed by atoms with Crippen LogP contribution in [0.15, 0.2) is 36.4 Å². The van der Waals surface area contributed by atoms with E-state index < -0.39 is 34.7 Å². The number of carbonyl (C=O) groups is 2. The van der Waals surface area contributed by atoms with Gasteiger partial charge in [0.25, 0.3) is 5.91 Å². The first-order valence-electron chi connectivity index (χ1n) is 7.90. The lowest BCUT2D eigenvalue weighted by Gasteiger charge is -2.17. The van der Waals surface area contributed by atoms with Crippen LogP contribution in [0.5, 0.6) is 11.5 Å². The van der Waals surface area contributed by atoms with Crippen molar-refractivity contribution in [3.05, 3.63) is 53.1 Å². The molecule has 0 aliphatic carbocycles. The Balaban J connectivity index is 1.99. The van der Waals surface area contributed by atoms with Crippen LogP contribution in [-0.4, -0.2) is 25.1 Å². The van der Waals surface area contributed by atoms with Gasteiger partial charge in [0.1, 0.15) is 0 Å². The van der Waals surface area contributed by atoms with E-state index in [1.165, 1.54) is 12.1 Å². The van der Waals surface area contributed by atoms with E-state index >= 15 is 0 Å². The van der Waals surface area contributed by atoms with Crippen molar-refractivity contribution >= 4 is 17.6 Å². The number of carboxylic acid groups (broad SMARTS) is 1. The van der Waals surface area contributed by atoms with Gasteiger partial charge in [-0.3, -0.25) is 4.79 Å². The molecule has 2 aromatic rings. The smallest absolute Gasteiger partial charge is 0.417 e. The summed E-state index contributed by atoms with van der Waals surface area (Å²) in [5.74, 6) is -2.40. The molecular formula is C18H13F3NO5-. The van der Waals surface area contributed by atoms with Crippen LogP contribution in [0.25, 0.3) is 0 Å². The molecule has 0 atom stereocenters. The highest BCUT2D eigenvalue weighted by atomic mass is 19.4. The lowest BCUT2D eigenvalue weighted by Crippen LogP contribution is -2.25. The summed E-state index contributed by atoms with van der Waals surface area (Å²) in [5.41, 5.74) is -2.45. The number of hydrogen-bond acceptors (Lipinski definition) is 5. The van der Waals surface area contributed by atoms with Crippen LogP contribution in [0, 0.1) is 0 Å². The molecule has 27 heavy (non-hydrogen) atoms. The van der Waals surface area contributed by atoms with Crippen molar-refractivity contribution in [2.45, 2.75) is 12.6 Å². The fourth-order valence-electron chi connectivity index (χ4n) is 2.60. The van der Waals surface area contributed by atoms with Gasteiger partial charge in [0.2, 0.25) is 0 Å². The van der Waals surface area contributed by atoms with Crippen molar-refractivity contribution in [3.8, 4) is 11.5 Å². The largest absolute Gasteiger partial charge is 0.545 e. The highest BCUT2D eigenvalue weighted by Gasteiger charge is 2.35. The highest BCUT2D eigenvalue weighted by Crippen LogP contribution is 2.36. The van der Waals surface area contributed by atoms with Crippen molar-refractivity contribution in [2.24, 2.45) is 0 Å². The van der Waals surface area contributed by atoms with Crippen LogP contribution < -0.4 is 19.9 Å². The second-order valence-corrected chi connectivity index (χ2v) is 5.68. The van der Waals surface area contributed by atoms with E-state index in [1.54, 1.807) is 0 Å². The lowest BCUT2D eigenvalue weighted by atomic mass is 10.1. The van der Waals surface area contributed by atoms with Gasteiger partial charge in [0.15, 0.2) is 11.5 Å². The molecule has 0 spiro atoms. The normalized spacial score (nSPS) is 13.6. The Morgan fingerprint density at radius 2 is 1.63 bits per heavy atom. The SMILES string of the molecule is O=C([O-])c1cc2c(cc1NC(=O)c1ccccc1C(F)(F)F)OCCCO2. The molecule has 6 nitrogen and oxygen atoms in total. The number of nitrogens with one attached hydrogen (secondary N) is 1. The number of alkyl halides is 3. The van der Waals surface area contributed by atoms with Gasteiger partial charge in [-0.25, -0.2) is 0 Å². The Kier molecular flexibility index (Phi) is 4.93. The number of halogens is 3.